The number of rotatable bonds is 4. The van der Waals surface area contributed by atoms with Crippen molar-refractivity contribution < 1.29 is 28.6 Å². The molecule has 0 aromatic carbocycles. The van der Waals surface area contributed by atoms with Crippen molar-refractivity contribution in [3.05, 3.63) is 0 Å². The van der Waals surface area contributed by atoms with Gasteiger partial charge >= 0.3 is 18.0 Å². The molecule has 1 aliphatic heterocycles. The predicted molar refractivity (Wildman–Crippen MR) is 85.2 cm³/mol. The van der Waals surface area contributed by atoms with E-state index in [0.29, 0.717) is 32.4 Å². The molecule has 24 heavy (non-hydrogen) atoms. The molecule has 2 aliphatic rings. The lowest BCUT2D eigenvalue weighted by Crippen LogP contribution is -2.68. The summed E-state index contributed by atoms with van der Waals surface area (Å²) in [6, 6.07) is 0. The number of hydrogen-bond acceptors (Lipinski definition) is 6. The van der Waals surface area contributed by atoms with E-state index in [1.54, 1.807) is 4.90 Å². The minimum Gasteiger partial charge on any atom is -0.469 e. The Morgan fingerprint density at radius 1 is 1.04 bits per heavy atom. The standard InChI is InChI=1S/C17H27NO6/c1-15(2,3)24-14(21)18-10-16(11-18)8-17(9-16,13(20)23-5)7-6-12(19)22-4/h6-11H2,1-5H3. The predicted octanol–water partition coefficient (Wildman–Crippen LogP) is 2.13. The first-order chi connectivity index (χ1) is 11.0. The van der Waals surface area contributed by atoms with Crippen LogP contribution in [0.2, 0.25) is 0 Å². The molecule has 1 aliphatic carbocycles. The zero-order valence-electron chi connectivity index (χ0n) is 15.1. The van der Waals surface area contributed by atoms with Gasteiger partial charge in [0.15, 0.2) is 0 Å². The summed E-state index contributed by atoms with van der Waals surface area (Å²) in [5, 5.41) is 0. The van der Waals surface area contributed by atoms with Crippen LogP contribution in [0.15, 0.2) is 0 Å². The SMILES string of the molecule is COC(=O)CCC1(C(=O)OC)CC2(CN(C(=O)OC(C)(C)C)C2)C1. The Kier molecular flexibility index (Phi) is 4.84. The number of nitrogens with zero attached hydrogens (tertiary/aromatic N) is 1. The molecule has 0 N–H and O–H groups in total. The molecule has 1 saturated heterocycles. The molecule has 1 saturated carbocycles. The number of ether oxygens (including phenoxy) is 3. The topological polar surface area (TPSA) is 82.1 Å². The maximum atomic E-state index is 12.2. The molecule has 1 amide bonds. The number of esters is 2. The number of carbonyl (C=O) groups excluding carboxylic acids is 3. The van der Waals surface area contributed by atoms with Crippen LogP contribution >= 0.6 is 0 Å². The van der Waals surface area contributed by atoms with E-state index in [0.717, 1.165) is 0 Å². The molecule has 0 aromatic rings. The van der Waals surface area contributed by atoms with Crippen LogP contribution in [0.4, 0.5) is 4.79 Å². The molecule has 7 heteroatoms. The van der Waals surface area contributed by atoms with Gasteiger partial charge < -0.3 is 19.1 Å². The van der Waals surface area contributed by atoms with Crippen LogP contribution in [0.5, 0.6) is 0 Å². The van der Waals surface area contributed by atoms with Crippen LogP contribution in [0.25, 0.3) is 0 Å². The second-order valence-electron chi connectivity index (χ2n) is 8.04. The van der Waals surface area contributed by atoms with Crippen molar-refractivity contribution in [2.45, 2.75) is 52.1 Å². The highest BCUT2D eigenvalue weighted by Gasteiger charge is 2.64. The molecule has 7 nitrogen and oxygen atoms in total. The Hall–Kier alpha value is -1.79. The highest BCUT2D eigenvalue weighted by molar-refractivity contribution is 5.80. The molecule has 0 bridgehead atoms. The molecule has 1 heterocycles. The number of hydrogen-bond donors (Lipinski definition) is 0. The lowest BCUT2D eigenvalue weighted by molar-refractivity contribution is -0.188. The largest absolute Gasteiger partial charge is 0.469 e. The summed E-state index contributed by atoms with van der Waals surface area (Å²) < 4.78 is 14.9. The summed E-state index contributed by atoms with van der Waals surface area (Å²) in [5.41, 5.74) is -1.21. The van der Waals surface area contributed by atoms with Gasteiger partial charge in [0, 0.05) is 24.9 Å². The highest BCUT2D eigenvalue weighted by Crippen LogP contribution is 2.61. The second kappa shape index (κ2) is 6.26. The van der Waals surface area contributed by atoms with Crippen LogP contribution in [0, 0.1) is 10.8 Å². The Labute approximate surface area is 142 Å². The summed E-state index contributed by atoms with van der Waals surface area (Å²) >= 11 is 0. The molecule has 0 aromatic heterocycles. The summed E-state index contributed by atoms with van der Waals surface area (Å²) in [6.07, 6.45) is 1.54. The van der Waals surface area contributed by atoms with E-state index in [2.05, 4.69) is 4.74 Å². The van der Waals surface area contributed by atoms with Crippen LogP contribution < -0.4 is 0 Å². The van der Waals surface area contributed by atoms with E-state index in [1.165, 1.54) is 14.2 Å². The number of amides is 1. The molecule has 0 unspecified atom stereocenters. The van der Waals surface area contributed by atoms with E-state index < -0.39 is 11.0 Å². The lowest BCUT2D eigenvalue weighted by atomic mass is 9.48. The van der Waals surface area contributed by atoms with Crippen molar-refractivity contribution in [3.8, 4) is 0 Å². The third-order valence-electron chi connectivity index (χ3n) is 4.78. The van der Waals surface area contributed by atoms with Gasteiger partial charge in [0.1, 0.15) is 5.60 Å². The van der Waals surface area contributed by atoms with Crippen molar-refractivity contribution in [2.24, 2.45) is 10.8 Å². The van der Waals surface area contributed by atoms with E-state index in [1.807, 2.05) is 20.8 Å². The molecule has 2 fully saturated rings. The van der Waals surface area contributed by atoms with Crippen molar-refractivity contribution >= 4 is 18.0 Å². The van der Waals surface area contributed by atoms with Gasteiger partial charge in [0.2, 0.25) is 0 Å². The maximum Gasteiger partial charge on any atom is 0.410 e. The maximum absolute atomic E-state index is 12.2. The van der Waals surface area contributed by atoms with Gasteiger partial charge in [0.05, 0.1) is 19.6 Å². The number of methoxy groups -OCH3 is 2. The first-order valence-corrected chi connectivity index (χ1v) is 8.18. The van der Waals surface area contributed by atoms with Gasteiger partial charge in [-0.15, -0.1) is 0 Å². The fourth-order valence-electron chi connectivity index (χ4n) is 3.91. The van der Waals surface area contributed by atoms with Crippen LogP contribution in [-0.2, 0) is 23.8 Å². The van der Waals surface area contributed by atoms with E-state index in [4.69, 9.17) is 9.47 Å². The molecule has 0 radical (unpaired) electrons. The Balaban J connectivity index is 1.90. The Morgan fingerprint density at radius 3 is 2.08 bits per heavy atom. The first-order valence-electron chi connectivity index (χ1n) is 8.18. The fourth-order valence-corrected chi connectivity index (χ4v) is 3.91. The summed E-state index contributed by atoms with van der Waals surface area (Å²) in [5.74, 6) is -0.615. The molecule has 1 spiro atoms. The Bertz CT molecular complexity index is 522. The zero-order chi connectivity index (χ0) is 18.2. The highest BCUT2D eigenvalue weighted by atomic mass is 16.6. The number of carbonyl (C=O) groups is 3. The van der Waals surface area contributed by atoms with Crippen LogP contribution in [0.1, 0.15) is 46.5 Å². The van der Waals surface area contributed by atoms with Gasteiger partial charge in [-0.25, -0.2) is 4.79 Å². The quantitative estimate of drug-likeness (QED) is 0.575. The van der Waals surface area contributed by atoms with Crippen LogP contribution in [-0.4, -0.2) is 55.8 Å². The van der Waals surface area contributed by atoms with Gasteiger partial charge in [-0.1, -0.05) is 0 Å². The fraction of sp³-hybridized carbons (Fsp3) is 0.824. The summed E-state index contributed by atoms with van der Waals surface area (Å²) in [6.45, 7) is 6.66. The average molecular weight is 341 g/mol. The van der Waals surface area contributed by atoms with Crippen molar-refractivity contribution in [1.82, 2.24) is 4.90 Å². The molecular weight excluding hydrogens is 314 g/mol. The molecule has 2 rings (SSSR count). The monoisotopic (exact) mass is 341 g/mol. The zero-order valence-corrected chi connectivity index (χ0v) is 15.1. The van der Waals surface area contributed by atoms with Gasteiger partial charge in [0.25, 0.3) is 0 Å². The van der Waals surface area contributed by atoms with E-state index >= 15 is 0 Å². The normalized spacial score (nSPS) is 20.6. The van der Waals surface area contributed by atoms with Gasteiger partial charge in [-0.3, -0.25) is 9.59 Å². The lowest BCUT2D eigenvalue weighted by Gasteiger charge is -2.62. The minimum absolute atomic E-state index is 0.0544. The third kappa shape index (κ3) is 3.65. The van der Waals surface area contributed by atoms with Crippen molar-refractivity contribution in [1.29, 1.82) is 0 Å². The Morgan fingerprint density at radius 2 is 1.62 bits per heavy atom. The van der Waals surface area contributed by atoms with Crippen LogP contribution in [0.3, 0.4) is 0 Å². The summed E-state index contributed by atoms with van der Waals surface area (Å²) in [7, 11) is 2.70. The smallest absolute Gasteiger partial charge is 0.410 e. The molecule has 0 atom stereocenters. The number of likely N-dealkylation sites (tertiary alicyclic amines) is 1. The third-order valence-corrected chi connectivity index (χ3v) is 4.78. The van der Waals surface area contributed by atoms with E-state index in [9.17, 15) is 14.4 Å². The van der Waals surface area contributed by atoms with Gasteiger partial charge in [-0.2, -0.15) is 0 Å². The van der Waals surface area contributed by atoms with Gasteiger partial charge in [-0.05, 0) is 40.0 Å². The second-order valence-corrected chi connectivity index (χ2v) is 8.04. The average Bonchev–Trinajstić information content (AvgIpc) is 2.41. The summed E-state index contributed by atoms with van der Waals surface area (Å²) in [4.78, 5) is 37.2. The van der Waals surface area contributed by atoms with Crippen molar-refractivity contribution in [2.75, 3.05) is 27.3 Å². The molecule has 136 valence electrons. The first kappa shape index (κ1) is 18.5. The minimum atomic E-state index is -0.636. The van der Waals surface area contributed by atoms with E-state index in [-0.39, 0.29) is 29.9 Å². The van der Waals surface area contributed by atoms with Crippen molar-refractivity contribution in [3.63, 3.8) is 0 Å². The molecular formula is C17H27NO6.